The molecule has 1 aliphatic rings. The van der Waals surface area contributed by atoms with Gasteiger partial charge in [-0.1, -0.05) is 0 Å². The second-order valence-corrected chi connectivity index (χ2v) is 7.24. The van der Waals surface area contributed by atoms with Crippen LogP contribution in [0.1, 0.15) is 12.8 Å². The van der Waals surface area contributed by atoms with Crippen molar-refractivity contribution in [1.82, 2.24) is 9.97 Å². The van der Waals surface area contributed by atoms with Gasteiger partial charge in [0, 0.05) is 19.2 Å². The van der Waals surface area contributed by atoms with Crippen LogP contribution in [0.15, 0.2) is 35.5 Å². The molecule has 1 aromatic heterocycles. The molecule has 0 atom stereocenters. The largest absolute Gasteiger partial charge is 0.497 e. The molecular formula is C16H20N4O4S. The predicted octanol–water partition coefficient (Wildman–Crippen LogP) is 1.89. The van der Waals surface area contributed by atoms with E-state index in [1.807, 2.05) is 0 Å². The van der Waals surface area contributed by atoms with Crippen molar-refractivity contribution in [1.29, 1.82) is 0 Å². The summed E-state index contributed by atoms with van der Waals surface area (Å²) in [4.78, 5) is 10.6. The third-order valence-electron chi connectivity index (χ3n) is 3.94. The number of nitrogens with zero attached hydrogens (tertiary/aromatic N) is 3. The Bertz CT molecular complexity index is 834. The number of hydrogen-bond acceptors (Lipinski definition) is 7. The van der Waals surface area contributed by atoms with Crippen molar-refractivity contribution in [2.75, 3.05) is 36.9 Å². The molecular weight excluding hydrogens is 344 g/mol. The predicted molar refractivity (Wildman–Crippen MR) is 93.8 cm³/mol. The third-order valence-corrected chi connectivity index (χ3v) is 5.36. The van der Waals surface area contributed by atoms with Gasteiger partial charge in [-0.25, -0.2) is 18.4 Å². The first-order valence-corrected chi connectivity index (χ1v) is 9.33. The molecule has 1 aromatic carbocycles. The molecule has 3 rings (SSSR count). The Balaban J connectivity index is 1.81. The van der Waals surface area contributed by atoms with Crippen molar-refractivity contribution in [3.8, 4) is 11.5 Å². The molecule has 2 aromatic rings. The van der Waals surface area contributed by atoms with Crippen LogP contribution in [-0.4, -0.2) is 45.7 Å². The lowest BCUT2D eigenvalue weighted by Gasteiger charge is -2.15. The Morgan fingerprint density at radius 3 is 2.36 bits per heavy atom. The van der Waals surface area contributed by atoms with E-state index in [4.69, 9.17) is 9.47 Å². The summed E-state index contributed by atoms with van der Waals surface area (Å²) in [6, 6.07) is 4.51. The van der Waals surface area contributed by atoms with Crippen LogP contribution in [-0.2, 0) is 10.0 Å². The molecule has 1 aliphatic heterocycles. The van der Waals surface area contributed by atoms with E-state index in [0.29, 0.717) is 17.4 Å². The zero-order chi connectivity index (χ0) is 17.9. The summed E-state index contributed by atoms with van der Waals surface area (Å²) in [5, 5.41) is 0. The van der Waals surface area contributed by atoms with E-state index in [9.17, 15) is 8.42 Å². The molecule has 1 saturated heterocycles. The van der Waals surface area contributed by atoms with E-state index >= 15 is 0 Å². The lowest BCUT2D eigenvalue weighted by atomic mass is 10.3. The van der Waals surface area contributed by atoms with Gasteiger partial charge in [-0.15, -0.1) is 0 Å². The second kappa shape index (κ2) is 7.14. The first-order chi connectivity index (χ1) is 12.0. The maximum atomic E-state index is 12.6. The number of aromatic nitrogens is 2. The Labute approximate surface area is 146 Å². The van der Waals surface area contributed by atoms with Crippen molar-refractivity contribution in [3.63, 3.8) is 0 Å². The third kappa shape index (κ3) is 3.76. The highest BCUT2D eigenvalue weighted by atomic mass is 32.2. The lowest BCUT2D eigenvalue weighted by Crippen LogP contribution is -2.20. The van der Waals surface area contributed by atoms with Crippen molar-refractivity contribution in [2.24, 2.45) is 0 Å². The zero-order valence-electron chi connectivity index (χ0n) is 14.1. The van der Waals surface area contributed by atoms with Crippen LogP contribution in [0, 0.1) is 0 Å². The van der Waals surface area contributed by atoms with Crippen LogP contribution in [0.3, 0.4) is 0 Å². The van der Waals surface area contributed by atoms with E-state index in [0.717, 1.165) is 25.9 Å². The fraction of sp³-hybridized carbons (Fsp3) is 0.375. The molecule has 0 aliphatic carbocycles. The molecule has 0 radical (unpaired) electrons. The Morgan fingerprint density at radius 2 is 1.76 bits per heavy atom. The summed E-state index contributed by atoms with van der Waals surface area (Å²) in [5.74, 6) is 1.32. The molecule has 1 fully saturated rings. The van der Waals surface area contributed by atoms with Gasteiger partial charge in [0.05, 0.1) is 32.3 Å². The van der Waals surface area contributed by atoms with Crippen molar-refractivity contribution >= 4 is 21.7 Å². The minimum atomic E-state index is -3.84. The van der Waals surface area contributed by atoms with E-state index in [1.54, 1.807) is 6.07 Å². The van der Waals surface area contributed by atoms with E-state index in [2.05, 4.69) is 19.6 Å². The maximum absolute atomic E-state index is 12.6. The molecule has 134 valence electrons. The fourth-order valence-corrected chi connectivity index (χ4v) is 3.84. The highest BCUT2D eigenvalue weighted by Crippen LogP contribution is 2.29. The highest BCUT2D eigenvalue weighted by molar-refractivity contribution is 7.92. The SMILES string of the molecule is COc1ccc(S(=O)(=O)Nc2cnc(N3CCCC3)nc2)c(OC)c1. The molecule has 8 nitrogen and oxygen atoms in total. The number of anilines is 2. The van der Waals surface area contributed by atoms with Gasteiger partial charge < -0.3 is 14.4 Å². The van der Waals surface area contributed by atoms with Gasteiger partial charge in [0.25, 0.3) is 10.0 Å². The number of sulfonamides is 1. The number of hydrogen-bond donors (Lipinski definition) is 1. The molecule has 2 heterocycles. The van der Waals surface area contributed by atoms with Crippen LogP contribution in [0.25, 0.3) is 0 Å². The summed E-state index contributed by atoms with van der Waals surface area (Å²) >= 11 is 0. The molecule has 9 heteroatoms. The number of nitrogens with one attached hydrogen (secondary N) is 1. The highest BCUT2D eigenvalue weighted by Gasteiger charge is 2.21. The molecule has 0 saturated carbocycles. The van der Waals surface area contributed by atoms with Crippen molar-refractivity contribution in [3.05, 3.63) is 30.6 Å². The molecule has 25 heavy (non-hydrogen) atoms. The quantitative estimate of drug-likeness (QED) is 0.836. The monoisotopic (exact) mass is 364 g/mol. The van der Waals surface area contributed by atoms with Crippen LogP contribution >= 0.6 is 0 Å². The number of benzene rings is 1. The average Bonchev–Trinajstić information content (AvgIpc) is 3.16. The zero-order valence-corrected chi connectivity index (χ0v) is 14.9. The lowest BCUT2D eigenvalue weighted by molar-refractivity contribution is 0.386. The average molecular weight is 364 g/mol. The molecule has 1 N–H and O–H groups in total. The van der Waals surface area contributed by atoms with Gasteiger partial charge in [-0.3, -0.25) is 4.72 Å². The maximum Gasteiger partial charge on any atom is 0.265 e. The smallest absolute Gasteiger partial charge is 0.265 e. The van der Waals surface area contributed by atoms with E-state index in [-0.39, 0.29) is 10.6 Å². The minimum absolute atomic E-state index is 0.0134. The summed E-state index contributed by atoms with van der Waals surface area (Å²) in [7, 11) is -0.932. The van der Waals surface area contributed by atoms with Gasteiger partial charge in [-0.05, 0) is 25.0 Å². The van der Waals surface area contributed by atoms with Gasteiger partial charge in [-0.2, -0.15) is 0 Å². The normalized spacial score (nSPS) is 14.4. The van der Waals surface area contributed by atoms with Gasteiger partial charge in [0.15, 0.2) is 0 Å². The van der Waals surface area contributed by atoms with Crippen LogP contribution in [0.4, 0.5) is 11.6 Å². The summed E-state index contributed by atoms with van der Waals surface area (Å²) in [6.45, 7) is 1.85. The minimum Gasteiger partial charge on any atom is -0.497 e. The number of rotatable bonds is 6. The number of methoxy groups -OCH3 is 2. The Morgan fingerprint density at radius 1 is 1.08 bits per heavy atom. The van der Waals surface area contributed by atoms with Crippen LogP contribution < -0.4 is 19.1 Å². The Kier molecular flexibility index (Phi) is 4.93. The van der Waals surface area contributed by atoms with E-state index in [1.165, 1.54) is 38.7 Å². The molecule has 0 bridgehead atoms. The van der Waals surface area contributed by atoms with E-state index < -0.39 is 10.0 Å². The number of ether oxygens (including phenoxy) is 2. The van der Waals surface area contributed by atoms with Gasteiger partial charge in [0.1, 0.15) is 16.4 Å². The first kappa shape index (κ1) is 17.3. The second-order valence-electron chi connectivity index (χ2n) is 5.59. The standard InChI is InChI=1S/C16H20N4O4S/c1-23-13-5-6-15(14(9-13)24-2)25(21,22)19-12-10-17-16(18-11-12)20-7-3-4-8-20/h5-6,9-11,19H,3-4,7-8H2,1-2H3. The Hall–Kier alpha value is -2.55. The molecule has 0 amide bonds. The molecule has 0 unspecified atom stereocenters. The summed E-state index contributed by atoms with van der Waals surface area (Å²) < 4.78 is 38.0. The van der Waals surface area contributed by atoms with Gasteiger partial charge in [0.2, 0.25) is 5.95 Å². The van der Waals surface area contributed by atoms with Crippen LogP contribution in [0.2, 0.25) is 0 Å². The molecule has 0 spiro atoms. The topological polar surface area (TPSA) is 93.7 Å². The van der Waals surface area contributed by atoms with Crippen LogP contribution in [0.5, 0.6) is 11.5 Å². The summed E-state index contributed by atoms with van der Waals surface area (Å²) in [5.41, 5.74) is 0.292. The van der Waals surface area contributed by atoms with Crippen molar-refractivity contribution < 1.29 is 17.9 Å². The summed E-state index contributed by atoms with van der Waals surface area (Å²) in [6.07, 6.45) is 5.17. The fourth-order valence-electron chi connectivity index (χ4n) is 2.66. The first-order valence-electron chi connectivity index (χ1n) is 7.85. The van der Waals surface area contributed by atoms with Gasteiger partial charge >= 0.3 is 0 Å². The van der Waals surface area contributed by atoms with Crippen molar-refractivity contribution in [2.45, 2.75) is 17.7 Å².